The van der Waals surface area contributed by atoms with Crippen molar-refractivity contribution in [3.8, 4) is 5.75 Å². The van der Waals surface area contributed by atoms with Gasteiger partial charge in [0, 0.05) is 31.9 Å². The van der Waals surface area contributed by atoms with E-state index in [4.69, 9.17) is 9.15 Å². The van der Waals surface area contributed by atoms with Crippen LogP contribution < -0.4 is 10.1 Å². The number of hydrogen-bond donors (Lipinski definition) is 1. The van der Waals surface area contributed by atoms with Crippen LogP contribution in [0.3, 0.4) is 0 Å². The molecule has 0 saturated carbocycles. The minimum absolute atomic E-state index is 0.0132. The van der Waals surface area contributed by atoms with Crippen molar-refractivity contribution in [3.05, 3.63) is 48.4 Å². The lowest BCUT2D eigenvalue weighted by Gasteiger charge is -2.33. The highest BCUT2D eigenvalue weighted by molar-refractivity contribution is 5.95. The first-order chi connectivity index (χ1) is 12.6. The van der Waals surface area contributed by atoms with Crippen LogP contribution in [0.2, 0.25) is 0 Å². The van der Waals surface area contributed by atoms with E-state index in [1.165, 1.54) is 6.26 Å². The SMILES string of the molecule is COc1ccc(NC(=O)CN2CCN(CC(=O)c3ccco3)CC2)cc1. The molecule has 1 aliphatic heterocycles. The molecule has 0 spiro atoms. The number of Topliss-reactive ketones (excluding diaryl/α,β-unsaturated/α-hetero) is 1. The van der Waals surface area contributed by atoms with Gasteiger partial charge in [-0.25, -0.2) is 0 Å². The van der Waals surface area contributed by atoms with Crippen LogP contribution in [-0.4, -0.2) is 67.9 Å². The summed E-state index contributed by atoms with van der Waals surface area (Å²) in [6, 6.07) is 10.6. The maximum Gasteiger partial charge on any atom is 0.238 e. The lowest BCUT2D eigenvalue weighted by atomic mass is 10.2. The second-order valence-electron chi connectivity index (χ2n) is 6.23. The largest absolute Gasteiger partial charge is 0.497 e. The molecule has 1 N–H and O–H groups in total. The van der Waals surface area contributed by atoms with Crippen molar-refractivity contribution in [1.29, 1.82) is 0 Å². The molecule has 1 amide bonds. The fourth-order valence-corrected chi connectivity index (χ4v) is 2.90. The molecule has 7 nitrogen and oxygen atoms in total. The first-order valence-electron chi connectivity index (χ1n) is 8.59. The third kappa shape index (κ3) is 4.93. The van der Waals surface area contributed by atoms with Crippen molar-refractivity contribution in [2.75, 3.05) is 51.7 Å². The highest BCUT2D eigenvalue weighted by atomic mass is 16.5. The molecule has 138 valence electrons. The summed E-state index contributed by atoms with van der Waals surface area (Å²) in [5.41, 5.74) is 0.749. The van der Waals surface area contributed by atoms with Gasteiger partial charge in [-0.05, 0) is 36.4 Å². The van der Waals surface area contributed by atoms with Gasteiger partial charge in [0.05, 0.1) is 26.5 Å². The average Bonchev–Trinajstić information content (AvgIpc) is 3.19. The Morgan fingerprint density at radius 3 is 2.27 bits per heavy atom. The van der Waals surface area contributed by atoms with Gasteiger partial charge >= 0.3 is 0 Å². The second kappa shape index (κ2) is 8.64. The molecular weight excluding hydrogens is 334 g/mol. The van der Waals surface area contributed by atoms with Gasteiger partial charge in [-0.15, -0.1) is 0 Å². The van der Waals surface area contributed by atoms with Gasteiger partial charge in [-0.1, -0.05) is 0 Å². The number of carbonyl (C=O) groups is 2. The van der Waals surface area contributed by atoms with E-state index in [0.29, 0.717) is 18.8 Å². The van der Waals surface area contributed by atoms with Gasteiger partial charge in [0.2, 0.25) is 11.7 Å². The molecule has 1 aliphatic rings. The summed E-state index contributed by atoms with van der Waals surface area (Å²) in [5, 5.41) is 2.89. The van der Waals surface area contributed by atoms with Gasteiger partial charge in [0.1, 0.15) is 5.75 Å². The lowest BCUT2D eigenvalue weighted by molar-refractivity contribution is -0.117. The molecule has 1 fully saturated rings. The molecule has 3 rings (SSSR count). The van der Waals surface area contributed by atoms with Crippen molar-refractivity contribution >= 4 is 17.4 Å². The van der Waals surface area contributed by atoms with E-state index in [1.807, 2.05) is 24.3 Å². The van der Waals surface area contributed by atoms with Gasteiger partial charge in [0.25, 0.3) is 0 Å². The minimum Gasteiger partial charge on any atom is -0.497 e. The van der Waals surface area contributed by atoms with E-state index in [-0.39, 0.29) is 11.7 Å². The Kier molecular flexibility index (Phi) is 6.04. The van der Waals surface area contributed by atoms with Crippen molar-refractivity contribution in [3.63, 3.8) is 0 Å². The summed E-state index contributed by atoms with van der Waals surface area (Å²) in [5.74, 6) is 1.09. The first kappa shape index (κ1) is 18.2. The summed E-state index contributed by atoms with van der Waals surface area (Å²) in [4.78, 5) is 28.4. The van der Waals surface area contributed by atoms with E-state index >= 15 is 0 Å². The Morgan fingerprint density at radius 1 is 1.04 bits per heavy atom. The molecule has 1 aromatic carbocycles. The van der Waals surface area contributed by atoms with E-state index in [2.05, 4.69) is 15.1 Å². The van der Waals surface area contributed by atoms with Crippen LogP contribution in [0, 0.1) is 0 Å². The zero-order valence-corrected chi connectivity index (χ0v) is 14.8. The number of carbonyl (C=O) groups excluding carboxylic acids is 2. The van der Waals surface area contributed by atoms with Gasteiger partial charge in [-0.3, -0.25) is 19.4 Å². The van der Waals surface area contributed by atoms with Crippen LogP contribution in [0.4, 0.5) is 5.69 Å². The number of nitrogens with zero attached hydrogens (tertiary/aromatic N) is 2. The Hall–Kier alpha value is -2.64. The molecule has 0 bridgehead atoms. The Morgan fingerprint density at radius 2 is 1.69 bits per heavy atom. The van der Waals surface area contributed by atoms with E-state index in [9.17, 15) is 9.59 Å². The van der Waals surface area contributed by atoms with Gasteiger partial charge in [-0.2, -0.15) is 0 Å². The summed E-state index contributed by atoms with van der Waals surface area (Å²) in [6.45, 7) is 3.69. The average molecular weight is 357 g/mol. The molecule has 0 atom stereocenters. The number of ether oxygens (including phenoxy) is 1. The number of hydrogen-bond acceptors (Lipinski definition) is 6. The topological polar surface area (TPSA) is 75.0 Å². The number of amides is 1. The maximum atomic E-state index is 12.2. The third-order valence-corrected chi connectivity index (χ3v) is 4.37. The van der Waals surface area contributed by atoms with Crippen LogP contribution in [-0.2, 0) is 4.79 Å². The number of rotatable bonds is 7. The molecule has 7 heteroatoms. The summed E-state index contributed by atoms with van der Waals surface area (Å²) < 4.78 is 10.2. The van der Waals surface area contributed by atoms with E-state index in [1.54, 1.807) is 19.2 Å². The number of benzene rings is 1. The maximum absolute atomic E-state index is 12.2. The minimum atomic E-state index is -0.0460. The monoisotopic (exact) mass is 357 g/mol. The Bertz CT molecular complexity index is 720. The summed E-state index contributed by atoms with van der Waals surface area (Å²) >= 11 is 0. The number of piperazine rings is 1. The lowest BCUT2D eigenvalue weighted by Crippen LogP contribution is -2.49. The highest BCUT2D eigenvalue weighted by Crippen LogP contribution is 2.15. The molecule has 2 heterocycles. The molecule has 1 aromatic heterocycles. The molecule has 0 radical (unpaired) electrons. The standard InChI is InChI=1S/C19H23N3O4/c1-25-16-6-4-15(5-7-16)20-19(24)14-22-10-8-21(9-11-22)13-17(23)18-3-2-12-26-18/h2-7,12H,8-11,13-14H2,1H3,(H,20,24). The highest BCUT2D eigenvalue weighted by Gasteiger charge is 2.21. The van der Waals surface area contributed by atoms with Gasteiger partial charge in [0.15, 0.2) is 5.76 Å². The molecule has 26 heavy (non-hydrogen) atoms. The number of methoxy groups -OCH3 is 1. The zero-order chi connectivity index (χ0) is 18.4. The molecule has 0 unspecified atom stereocenters. The van der Waals surface area contributed by atoms with Crippen LogP contribution in [0.5, 0.6) is 5.75 Å². The van der Waals surface area contributed by atoms with Crippen LogP contribution in [0.25, 0.3) is 0 Å². The quantitative estimate of drug-likeness (QED) is 0.761. The first-order valence-corrected chi connectivity index (χ1v) is 8.59. The number of nitrogens with one attached hydrogen (secondary N) is 1. The Balaban J connectivity index is 1.40. The third-order valence-electron chi connectivity index (χ3n) is 4.37. The predicted octanol–water partition coefficient (Wildman–Crippen LogP) is 1.73. The van der Waals surface area contributed by atoms with E-state index in [0.717, 1.165) is 37.6 Å². The summed E-state index contributed by atoms with van der Waals surface area (Å²) in [7, 11) is 1.61. The van der Waals surface area contributed by atoms with Crippen molar-refractivity contribution in [2.45, 2.75) is 0 Å². The molecule has 2 aromatic rings. The van der Waals surface area contributed by atoms with Crippen molar-refractivity contribution in [2.24, 2.45) is 0 Å². The van der Waals surface area contributed by atoms with E-state index < -0.39 is 0 Å². The fraction of sp³-hybridized carbons (Fsp3) is 0.368. The predicted molar refractivity (Wildman–Crippen MR) is 97.5 cm³/mol. The van der Waals surface area contributed by atoms with Crippen LogP contribution >= 0.6 is 0 Å². The Labute approximate surface area is 152 Å². The molecule has 1 saturated heterocycles. The number of anilines is 1. The number of ketones is 1. The van der Waals surface area contributed by atoms with Crippen LogP contribution in [0.1, 0.15) is 10.6 Å². The van der Waals surface area contributed by atoms with Gasteiger partial charge < -0.3 is 14.5 Å². The molecule has 0 aliphatic carbocycles. The smallest absolute Gasteiger partial charge is 0.238 e. The van der Waals surface area contributed by atoms with Crippen LogP contribution in [0.15, 0.2) is 47.1 Å². The molecular formula is C19H23N3O4. The fourth-order valence-electron chi connectivity index (χ4n) is 2.90. The van der Waals surface area contributed by atoms with Crippen molar-refractivity contribution in [1.82, 2.24) is 9.80 Å². The number of furan rings is 1. The van der Waals surface area contributed by atoms with Crippen molar-refractivity contribution < 1.29 is 18.7 Å². The normalized spacial score (nSPS) is 15.6. The zero-order valence-electron chi connectivity index (χ0n) is 14.8. The summed E-state index contributed by atoms with van der Waals surface area (Å²) in [6.07, 6.45) is 1.51. The second-order valence-corrected chi connectivity index (χ2v) is 6.23.